The number of likely N-dealkylation sites (tertiary alicyclic amines) is 1. The van der Waals surface area contributed by atoms with E-state index in [0.717, 1.165) is 60.9 Å². The molecule has 17 heteroatoms. The lowest BCUT2D eigenvalue weighted by molar-refractivity contribution is -0.0415. The predicted octanol–water partition coefficient (Wildman–Crippen LogP) is 10.0. The highest BCUT2D eigenvalue weighted by Crippen LogP contribution is 2.35. The van der Waals surface area contributed by atoms with Crippen LogP contribution in [-0.4, -0.2) is 83.1 Å². The number of fused-ring (bicyclic) bond motifs is 2. The van der Waals surface area contributed by atoms with E-state index in [0.29, 0.717) is 33.5 Å². The van der Waals surface area contributed by atoms with Gasteiger partial charge in [0.15, 0.2) is 31.0 Å². The summed E-state index contributed by atoms with van der Waals surface area (Å²) >= 11 is 0. The van der Waals surface area contributed by atoms with E-state index >= 15 is 0 Å². The molecular weight excluding hydrogens is 879 g/mol. The first-order valence-corrected chi connectivity index (χ1v) is 24.7. The molecule has 1 aliphatic heterocycles. The summed E-state index contributed by atoms with van der Waals surface area (Å²) in [6.07, 6.45) is 15.3. The fourth-order valence-electron chi connectivity index (χ4n) is 7.75. The second-order valence-corrected chi connectivity index (χ2v) is 20.2. The fraction of sp³-hybridized carbons (Fsp3) is 0.250. The van der Waals surface area contributed by atoms with Crippen LogP contribution in [0.1, 0.15) is 43.7 Å². The number of alkyl halides is 4. The topological polar surface area (TPSA) is 132 Å². The van der Waals surface area contributed by atoms with E-state index in [1.807, 2.05) is 11.0 Å². The van der Waals surface area contributed by atoms with Crippen molar-refractivity contribution in [2.75, 3.05) is 32.1 Å². The second kappa shape index (κ2) is 17.9. The van der Waals surface area contributed by atoms with Crippen LogP contribution in [0.4, 0.5) is 17.6 Å². The van der Waals surface area contributed by atoms with Gasteiger partial charge in [0.05, 0.1) is 28.7 Å². The van der Waals surface area contributed by atoms with Gasteiger partial charge >= 0.3 is 0 Å². The zero-order valence-electron chi connectivity index (χ0n) is 35.7. The molecule has 0 spiro atoms. The summed E-state index contributed by atoms with van der Waals surface area (Å²) in [5.41, 5.74) is 6.90. The molecule has 0 radical (unpaired) electrons. The highest BCUT2D eigenvalue weighted by Gasteiger charge is 2.34. The lowest BCUT2D eigenvalue weighted by Gasteiger charge is -2.30. The third kappa shape index (κ3) is 10.0. The van der Waals surface area contributed by atoms with Crippen LogP contribution in [0, 0.1) is 0 Å². The molecule has 9 rings (SSSR count). The monoisotopic (exact) mass is 923 g/mol. The minimum atomic E-state index is -3.34. The van der Waals surface area contributed by atoms with Crippen molar-refractivity contribution in [2.24, 2.45) is 0 Å². The van der Waals surface area contributed by atoms with Crippen molar-refractivity contribution >= 4 is 31.0 Å². The molecule has 0 bridgehead atoms. The Labute approximate surface area is 374 Å². The van der Waals surface area contributed by atoms with E-state index in [2.05, 4.69) is 20.2 Å². The molecule has 65 heavy (non-hydrogen) atoms. The van der Waals surface area contributed by atoms with Crippen LogP contribution in [0.5, 0.6) is 0 Å². The van der Waals surface area contributed by atoms with Gasteiger partial charge in [0, 0.05) is 77.1 Å². The molecule has 0 unspecified atom stereocenters. The number of sulfone groups is 2. The maximum absolute atomic E-state index is 14.8. The summed E-state index contributed by atoms with van der Waals surface area (Å²) in [4.78, 5) is 11.3. The number of benzene rings is 4. The SMILES string of the molecule is CCC(F)(F)c1ccc(-c2cnc3c(-c4cccc(S(C)(=O)=O)c4)cnn3c2)cc1.CS(=O)(=O)c1cccc(-c2cnn3cc(-c4ccc(C(F)(F)CN5CCCCC5)cc4)cnc23)c1. The molecule has 0 amide bonds. The van der Waals surface area contributed by atoms with Crippen LogP contribution in [0.3, 0.4) is 0 Å². The highest BCUT2D eigenvalue weighted by molar-refractivity contribution is 7.91. The third-order valence-corrected chi connectivity index (χ3v) is 13.7. The molecular formula is C48H45F4N7O4S2. The van der Waals surface area contributed by atoms with Crippen LogP contribution in [0.25, 0.3) is 55.8 Å². The Morgan fingerprint density at radius 3 is 1.38 bits per heavy atom. The quantitative estimate of drug-likeness (QED) is 0.116. The van der Waals surface area contributed by atoms with Gasteiger partial charge < -0.3 is 0 Å². The lowest BCUT2D eigenvalue weighted by Crippen LogP contribution is -2.38. The van der Waals surface area contributed by atoms with E-state index < -0.39 is 31.5 Å². The number of hydrogen-bond acceptors (Lipinski definition) is 9. The Kier molecular flexibility index (Phi) is 12.5. The minimum absolute atomic E-state index is 0.00740. The van der Waals surface area contributed by atoms with Gasteiger partial charge in [-0.3, -0.25) is 4.90 Å². The standard InChI is InChI=1S/C26H26F2N4O2S.C22H19F2N3O2S/c1-35(33,34)23-7-5-6-20(14-23)24-16-30-32-17-21(15-29-25(24)32)19-8-10-22(11-9-19)26(27,28)18-31-12-3-2-4-13-31;1-3-22(23,24)18-9-7-15(8-10-18)17-12-25-21-20(13-26-27(21)14-17)16-5-4-6-19(11-16)30(2,28)29/h5-11,14-17H,2-4,12-13,18H2,1H3;4-14H,3H2,1-2H3. The second-order valence-electron chi connectivity index (χ2n) is 16.2. The zero-order chi connectivity index (χ0) is 46.1. The van der Waals surface area contributed by atoms with E-state index in [1.54, 1.807) is 113 Å². The Balaban J connectivity index is 0.000000179. The summed E-state index contributed by atoms with van der Waals surface area (Å²) in [6.45, 7) is 2.65. The van der Waals surface area contributed by atoms with Gasteiger partial charge in [0.2, 0.25) is 0 Å². The van der Waals surface area contributed by atoms with Crippen LogP contribution in [0.2, 0.25) is 0 Å². The smallest absolute Gasteiger partial charge is 0.285 e. The van der Waals surface area contributed by atoms with Gasteiger partial charge in [0.25, 0.3) is 11.8 Å². The van der Waals surface area contributed by atoms with Gasteiger partial charge in [-0.1, -0.05) is 86.1 Å². The Morgan fingerprint density at radius 2 is 0.969 bits per heavy atom. The summed E-state index contributed by atoms with van der Waals surface area (Å²) < 4.78 is 108. The van der Waals surface area contributed by atoms with Crippen molar-refractivity contribution in [3.63, 3.8) is 0 Å². The summed E-state index contributed by atoms with van der Waals surface area (Å²) in [6, 6.07) is 25.7. The molecule has 4 aromatic carbocycles. The van der Waals surface area contributed by atoms with Gasteiger partial charge in [-0.05, 0) is 72.5 Å². The highest BCUT2D eigenvalue weighted by atomic mass is 32.2. The lowest BCUT2D eigenvalue weighted by atomic mass is 10.0. The molecule has 5 heterocycles. The molecule has 0 saturated carbocycles. The van der Waals surface area contributed by atoms with E-state index in [9.17, 15) is 34.4 Å². The van der Waals surface area contributed by atoms with Gasteiger partial charge in [0.1, 0.15) is 0 Å². The van der Waals surface area contributed by atoms with Crippen LogP contribution in [0.15, 0.2) is 144 Å². The molecule has 0 N–H and O–H groups in total. The minimum Gasteiger partial charge on any atom is -0.297 e. The first-order chi connectivity index (χ1) is 30.9. The average molecular weight is 924 g/mol. The van der Waals surface area contributed by atoms with Crippen molar-refractivity contribution in [2.45, 2.75) is 54.2 Å². The van der Waals surface area contributed by atoms with Crippen molar-refractivity contribution < 1.29 is 34.4 Å². The largest absolute Gasteiger partial charge is 0.297 e. The van der Waals surface area contributed by atoms with Crippen molar-refractivity contribution in [1.29, 1.82) is 0 Å². The van der Waals surface area contributed by atoms with Crippen molar-refractivity contribution in [3.05, 3.63) is 145 Å². The molecule has 1 aliphatic rings. The number of halogens is 4. The molecule has 0 aliphatic carbocycles. The van der Waals surface area contributed by atoms with Crippen molar-refractivity contribution in [3.8, 4) is 44.5 Å². The van der Waals surface area contributed by atoms with Crippen molar-refractivity contribution in [1.82, 2.24) is 34.1 Å². The molecule has 8 aromatic rings. The molecule has 11 nitrogen and oxygen atoms in total. The van der Waals surface area contributed by atoms with Crippen LogP contribution in [-0.2, 0) is 31.5 Å². The predicted molar refractivity (Wildman–Crippen MR) is 242 cm³/mol. The maximum atomic E-state index is 14.8. The van der Waals surface area contributed by atoms with Gasteiger partial charge in [-0.2, -0.15) is 19.0 Å². The van der Waals surface area contributed by atoms with E-state index in [-0.39, 0.29) is 33.9 Å². The average Bonchev–Trinajstić information content (AvgIpc) is 3.93. The number of nitrogens with zero attached hydrogens (tertiary/aromatic N) is 7. The molecule has 336 valence electrons. The summed E-state index contributed by atoms with van der Waals surface area (Å²) in [7, 11) is -6.67. The maximum Gasteiger partial charge on any atom is 0.285 e. The fourth-order valence-corrected chi connectivity index (χ4v) is 9.08. The first kappa shape index (κ1) is 45.3. The Hall–Kier alpha value is -6.30. The Bertz CT molecular complexity index is 3220. The number of aromatic nitrogens is 6. The van der Waals surface area contributed by atoms with Crippen LogP contribution >= 0.6 is 0 Å². The van der Waals surface area contributed by atoms with E-state index in [4.69, 9.17) is 0 Å². The number of hydrogen-bond donors (Lipinski definition) is 0. The number of rotatable bonds is 11. The van der Waals surface area contributed by atoms with Crippen LogP contribution < -0.4 is 0 Å². The van der Waals surface area contributed by atoms with E-state index in [1.165, 1.54) is 37.4 Å². The van der Waals surface area contributed by atoms with Gasteiger partial charge in [-0.15, -0.1) is 0 Å². The number of piperidine rings is 1. The third-order valence-electron chi connectivity index (χ3n) is 11.5. The molecule has 4 aromatic heterocycles. The molecule has 1 saturated heterocycles. The zero-order valence-corrected chi connectivity index (χ0v) is 37.4. The summed E-state index contributed by atoms with van der Waals surface area (Å²) in [5.74, 6) is -5.76. The Morgan fingerprint density at radius 1 is 0.538 bits per heavy atom. The molecule has 1 fully saturated rings. The summed E-state index contributed by atoms with van der Waals surface area (Å²) in [5, 5.41) is 8.70. The first-order valence-electron chi connectivity index (χ1n) is 20.9. The molecule has 0 atom stereocenters. The normalized spacial score (nSPS) is 14.1. The van der Waals surface area contributed by atoms with Gasteiger partial charge in [-0.25, -0.2) is 44.6 Å².